The molecule has 0 aliphatic carbocycles. The second kappa shape index (κ2) is 7.44. The summed E-state index contributed by atoms with van der Waals surface area (Å²) in [4.78, 5) is 19.7. The fourth-order valence-electron chi connectivity index (χ4n) is 2.93. The van der Waals surface area contributed by atoms with E-state index >= 15 is 0 Å². The fourth-order valence-corrected chi connectivity index (χ4v) is 3.88. The zero-order valence-corrected chi connectivity index (χ0v) is 16.7. The van der Waals surface area contributed by atoms with E-state index in [2.05, 4.69) is 5.10 Å². The van der Waals surface area contributed by atoms with Crippen LogP contribution >= 0.6 is 11.3 Å². The molecule has 0 bridgehead atoms. The second-order valence-electron chi connectivity index (χ2n) is 6.50. The number of benzene rings is 2. The molecule has 0 radical (unpaired) electrons. The molecule has 0 aliphatic rings. The zero-order valence-electron chi connectivity index (χ0n) is 15.9. The van der Waals surface area contributed by atoms with Gasteiger partial charge in [-0.15, -0.1) is 0 Å². The van der Waals surface area contributed by atoms with Gasteiger partial charge in [-0.1, -0.05) is 41.7 Å². The zero-order chi connectivity index (χ0) is 19.7. The first-order valence-corrected chi connectivity index (χ1v) is 9.68. The second-order valence-corrected chi connectivity index (χ2v) is 7.51. The molecule has 0 saturated carbocycles. The van der Waals surface area contributed by atoms with Gasteiger partial charge >= 0.3 is 0 Å². The van der Waals surface area contributed by atoms with E-state index in [9.17, 15) is 4.79 Å². The number of fused-ring (bicyclic) bond motifs is 1. The molecular weight excluding hydrogens is 372 g/mol. The molecule has 0 unspecified atom stereocenters. The van der Waals surface area contributed by atoms with Crippen LogP contribution in [0.25, 0.3) is 10.2 Å². The van der Waals surface area contributed by atoms with E-state index in [1.165, 1.54) is 11.3 Å². The smallest absolute Gasteiger partial charge is 0.280 e. The lowest BCUT2D eigenvalue weighted by molar-refractivity contribution is 0.0979. The third-order valence-electron chi connectivity index (χ3n) is 4.58. The van der Waals surface area contributed by atoms with E-state index in [1.54, 1.807) is 22.8 Å². The molecule has 142 valence electrons. The molecule has 0 atom stereocenters. The van der Waals surface area contributed by atoms with Gasteiger partial charge in [-0.05, 0) is 30.7 Å². The van der Waals surface area contributed by atoms with Crippen LogP contribution in [0.1, 0.15) is 21.7 Å². The number of carbonyl (C=O) groups excluding carboxylic acids is 1. The van der Waals surface area contributed by atoms with Gasteiger partial charge in [0.05, 0.1) is 23.9 Å². The lowest BCUT2D eigenvalue weighted by Gasteiger charge is -2.19. The van der Waals surface area contributed by atoms with Gasteiger partial charge in [-0.25, -0.2) is 4.98 Å². The summed E-state index contributed by atoms with van der Waals surface area (Å²) >= 11 is 1.48. The van der Waals surface area contributed by atoms with Crippen molar-refractivity contribution in [2.45, 2.75) is 13.5 Å². The summed E-state index contributed by atoms with van der Waals surface area (Å²) in [6.45, 7) is 2.35. The minimum absolute atomic E-state index is 0.168. The van der Waals surface area contributed by atoms with Crippen LogP contribution in [0.4, 0.5) is 5.13 Å². The predicted molar refractivity (Wildman–Crippen MR) is 111 cm³/mol. The highest BCUT2D eigenvalue weighted by Crippen LogP contribution is 2.32. The maximum Gasteiger partial charge on any atom is 0.280 e. The summed E-state index contributed by atoms with van der Waals surface area (Å²) < 4.78 is 8.00. The number of amides is 1. The average molecular weight is 392 g/mol. The van der Waals surface area contributed by atoms with E-state index in [0.29, 0.717) is 17.4 Å². The predicted octanol–water partition coefficient (Wildman–Crippen LogP) is 4.19. The van der Waals surface area contributed by atoms with Crippen molar-refractivity contribution in [3.05, 3.63) is 71.5 Å². The summed E-state index contributed by atoms with van der Waals surface area (Å²) in [5, 5.41) is 5.00. The van der Waals surface area contributed by atoms with Crippen LogP contribution in [-0.4, -0.2) is 27.8 Å². The van der Waals surface area contributed by atoms with E-state index in [1.807, 2.05) is 62.5 Å². The van der Waals surface area contributed by atoms with Crippen LogP contribution in [0.2, 0.25) is 0 Å². The van der Waals surface area contributed by atoms with Gasteiger partial charge in [0.2, 0.25) is 0 Å². The maximum absolute atomic E-state index is 13.3. The standard InChI is InChI=1S/C21H20N4O2S/c1-14-11-18(23-24(14)2)20(26)25(13-15-7-5-4-6-8-15)21-22-17-12-16(27-3)9-10-19(17)28-21/h4-12H,13H2,1-3H3. The van der Waals surface area contributed by atoms with Gasteiger partial charge in [0, 0.05) is 18.8 Å². The third-order valence-corrected chi connectivity index (χ3v) is 5.64. The fraction of sp³-hybridized carbons (Fsp3) is 0.190. The lowest BCUT2D eigenvalue weighted by atomic mass is 10.2. The minimum atomic E-state index is -0.168. The first-order chi connectivity index (χ1) is 13.5. The van der Waals surface area contributed by atoms with Crippen LogP contribution in [0.3, 0.4) is 0 Å². The van der Waals surface area contributed by atoms with E-state index in [0.717, 1.165) is 27.2 Å². The lowest BCUT2D eigenvalue weighted by Crippen LogP contribution is -2.30. The highest BCUT2D eigenvalue weighted by Gasteiger charge is 2.24. The Labute approximate surface area is 167 Å². The van der Waals surface area contributed by atoms with Gasteiger partial charge in [-0.2, -0.15) is 5.10 Å². The third kappa shape index (κ3) is 3.48. The SMILES string of the molecule is COc1ccc2sc(N(Cc3ccccc3)C(=O)c3cc(C)n(C)n3)nc2c1. The summed E-state index contributed by atoms with van der Waals surface area (Å²) in [6, 6.07) is 17.4. The number of nitrogens with zero attached hydrogens (tertiary/aromatic N) is 4. The van der Waals surface area contributed by atoms with E-state index in [4.69, 9.17) is 9.72 Å². The van der Waals surface area contributed by atoms with Crippen molar-refractivity contribution in [1.82, 2.24) is 14.8 Å². The minimum Gasteiger partial charge on any atom is -0.497 e. The highest BCUT2D eigenvalue weighted by atomic mass is 32.1. The Morgan fingerprint density at radius 2 is 1.96 bits per heavy atom. The quantitative estimate of drug-likeness (QED) is 0.511. The first-order valence-electron chi connectivity index (χ1n) is 8.86. The van der Waals surface area contributed by atoms with Crippen molar-refractivity contribution in [1.29, 1.82) is 0 Å². The molecule has 2 aromatic carbocycles. The average Bonchev–Trinajstić information content (AvgIpc) is 3.28. The van der Waals surface area contributed by atoms with Crippen molar-refractivity contribution in [2.24, 2.45) is 7.05 Å². The van der Waals surface area contributed by atoms with Crippen LogP contribution < -0.4 is 9.64 Å². The molecular formula is C21H20N4O2S. The van der Waals surface area contributed by atoms with Crippen molar-refractivity contribution in [3.8, 4) is 5.75 Å². The summed E-state index contributed by atoms with van der Waals surface area (Å²) in [5.74, 6) is 0.573. The first kappa shape index (κ1) is 18.2. The Morgan fingerprint density at radius 1 is 1.18 bits per heavy atom. The number of aromatic nitrogens is 3. The van der Waals surface area contributed by atoms with Crippen LogP contribution in [0, 0.1) is 6.92 Å². The number of anilines is 1. The summed E-state index contributed by atoms with van der Waals surface area (Å²) in [7, 11) is 3.46. The number of ether oxygens (including phenoxy) is 1. The molecule has 2 aromatic heterocycles. The number of aryl methyl sites for hydroxylation is 2. The molecule has 1 amide bonds. The van der Waals surface area contributed by atoms with E-state index in [-0.39, 0.29) is 5.91 Å². The van der Waals surface area contributed by atoms with Gasteiger partial charge in [-0.3, -0.25) is 14.4 Å². The monoisotopic (exact) mass is 392 g/mol. The maximum atomic E-state index is 13.3. The Hall–Kier alpha value is -3.19. The molecule has 0 fully saturated rings. The number of hydrogen-bond acceptors (Lipinski definition) is 5. The van der Waals surface area contributed by atoms with Crippen LogP contribution in [-0.2, 0) is 13.6 Å². The van der Waals surface area contributed by atoms with Crippen molar-refractivity contribution < 1.29 is 9.53 Å². The van der Waals surface area contributed by atoms with Gasteiger partial charge in [0.15, 0.2) is 10.8 Å². The summed E-state index contributed by atoms with van der Waals surface area (Å²) in [6.07, 6.45) is 0. The van der Waals surface area contributed by atoms with Gasteiger partial charge in [0.1, 0.15) is 5.75 Å². The van der Waals surface area contributed by atoms with Crippen molar-refractivity contribution in [2.75, 3.05) is 12.0 Å². The molecule has 0 saturated heterocycles. The molecule has 0 aliphatic heterocycles. The normalized spacial score (nSPS) is 11.0. The number of methoxy groups -OCH3 is 1. The van der Waals surface area contributed by atoms with E-state index < -0.39 is 0 Å². The molecule has 28 heavy (non-hydrogen) atoms. The Bertz CT molecular complexity index is 1110. The number of rotatable bonds is 5. The topological polar surface area (TPSA) is 60.2 Å². The molecule has 0 N–H and O–H groups in total. The number of thiazole rings is 1. The highest BCUT2D eigenvalue weighted by molar-refractivity contribution is 7.22. The molecule has 4 aromatic rings. The van der Waals surface area contributed by atoms with Gasteiger partial charge < -0.3 is 4.74 Å². The van der Waals surface area contributed by atoms with Gasteiger partial charge in [0.25, 0.3) is 5.91 Å². The Kier molecular flexibility index (Phi) is 4.83. The summed E-state index contributed by atoms with van der Waals surface area (Å²) in [5.41, 5.74) is 3.17. The van der Waals surface area contributed by atoms with Crippen LogP contribution in [0.15, 0.2) is 54.6 Å². The molecule has 7 heteroatoms. The van der Waals surface area contributed by atoms with Crippen molar-refractivity contribution in [3.63, 3.8) is 0 Å². The Balaban J connectivity index is 1.76. The molecule has 4 rings (SSSR count). The molecule has 6 nitrogen and oxygen atoms in total. The molecule has 2 heterocycles. The Morgan fingerprint density at radius 3 is 2.64 bits per heavy atom. The largest absolute Gasteiger partial charge is 0.497 e. The van der Waals surface area contributed by atoms with Crippen molar-refractivity contribution >= 4 is 32.6 Å². The van der Waals surface area contributed by atoms with Crippen LogP contribution in [0.5, 0.6) is 5.75 Å². The number of carbonyl (C=O) groups is 1. The number of hydrogen-bond donors (Lipinski definition) is 0. The molecule has 0 spiro atoms.